The molecule has 7 heteroatoms. The van der Waals surface area contributed by atoms with E-state index in [-0.39, 0.29) is 6.61 Å². The second kappa shape index (κ2) is 13.1. The number of hydrogen-bond donors (Lipinski definition) is 2. The zero-order valence-corrected chi connectivity index (χ0v) is 16.6. The number of carbonyl (C=O) groups is 1. The first-order valence-corrected chi connectivity index (χ1v) is 10.0. The number of carbonyl (C=O) groups excluding carboxylic acids is 1. The highest BCUT2D eigenvalue weighted by molar-refractivity contribution is 7.70. The van der Waals surface area contributed by atoms with Gasteiger partial charge in [-0.2, -0.15) is 5.26 Å². The summed E-state index contributed by atoms with van der Waals surface area (Å²) in [7, 11) is -4.54. The van der Waals surface area contributed by atoms with Gasteiger partial charge in [0.2, 0.25) is 0 Å². The topological polar surface area (TPSA) is 93.1 Å². The van der Waals surface area contributed by atoms with E-state index in [0.29, 0.717) is 12.8 Å². The standard InChI is InChI=1S/C18H31O6P/c1-15(2)9-7-11-17(4)13-8-12-16(3)10-5-6-14-23-25(21,22)18(19)24-20/h9-10,13,20H,5-8,11-12,14H2,1-4H3,(H,21,22). The zero-order valence-electron chi connectivity index (χ0n) is 15.7. The van der Waals surface area contributed by atoms with Gasteiger partial charge < -0.3 is 9.42 Å². The molecule has 0 heterocycles. The van der Waals surface area contributed by atoms with Gasteiger partial charge in [0.05, 0.1) is 6.61 Å². The molecule has 0 spiro atoms. The van der Waals surface area contributed by atoms with Crippen LogP contribution in [0.5, 0.6) is 0 Å². The van der Waals surface area contributed by atoms with Crippen molar-refractivity contribution in [2.75, 3.05) is 6.61 Å². The molecule has 0 aromatic rings. The van der Waals surface area contributed by atoms with Crippen LogP contribution >= 0.6 is 7.60 Å². The Bertz CT molecular complexity index is 544. The summed E-state index contributed by atoms with van der Waals surface area (Å²) in [5, 5.41) is 8.06. The van der Waals surface area contributed by atoms with Gasteiger partial charge in [-0.05, 0) is 66.2 Å². The Morgan fingerprint density at radius 2 is 1.48 bits per heavy atom. The van der Waals surface area contributed by atoms with Gasteiger partial charge in [-0.25, -0.2) is 9.36 Å². The second-order valence-corrected chi connectivity index (χ2v) is 7.98. The van der Waals surface area contributed by atoms with Crippen molar-refractivity contribution in [1.29, 1.82) is 0 Å². The number of unbranched alkanes of at least 4 members (excludes halogenated alkanes) is 1. The maximum atomic E-state index is 11.2. The van der Waals surface area contributed by atoms with Crippen molar-refractivity contribution in [2.45, 2.75) is 66.2 Å². The molecule has 0 aliphatic carbocycles. The lowest BCUT2D eigenvalue weighted by Gasteiger charge is -2.07. The summed E-state index contributed by atoms with van der Waals surface area (Å²) in [6.07, 6.45) is 11.9. The fraction of sp³-hybridized carbons (Fsp3) is 0.611. The van der Waals surface area contributed by atoms with Crippen molar-refractivity contribution < 1.29 is 28.9 Å². The highest BCUT2D eigenvalue weighted by Gasteiger charge is 2.33. The summed E-state index contributed by atoms with van der Waals surface area (Å²) in [6, 6.07) is 0. The number of rotatable bonds is 12. The van der Waals surface area contributed by atoms with Gasteiger partial charge in [0.1, 0.15) is 0 Å². The molecule has 0 amide bonds. The summed E-state index contributed by atoms with van der Waals surface area (Å²) in [6.45, 7) is 8.36. The van der Waals surface area contributed by atoms with Crippen LogP contribution in [0, 0.1) is 0 Å². The third-order valence-corrected chi connectivity index (χ3v) is 4.61. The Kier molecular flexibility index (Phi) is 12.4. The van der Waals surface area contributed by atoms with Crippen molar-refractivity contribution in [3.05, 3.63) is 34.9 Å². The highest BCUT2D eigenvalue weighted by Crippen LogP contribution is 2.43. The van der Waals surface area contributed by atoms with Crippen LogP contribution in [0.2, 0.25) is 0 Å². The Hall–Kier alpha value is -1.20. The van der Waals surface area contributed by atoms with Gasteiger partial charge in [0, 0.05) is 0 Å². The molecule has 0 fully saturated rings. The first kappa shape index (κ1) is 23.8. The molecule has 0 saturated heterocycles. The van der Waals surface area contributed by atoms with E-state index >= 15 is 0 Å². The molecule has 144 valence electrons. The first-order valence-electron chi connectivity index (χ1n) is 8.47. The summed E-state index contributed by atoms with van der Waals surface area (Å²) in [5.41, 5.74) is 2.33. The Morgan fingerprint density at radius 1 is 0.960 bits per heavy atom. The third-order valence-electron chi connectivity index (χ3n) is 3.54. The molecule has 1 unspecified atom stereocenters. The zero-order chi connectivity index (χ0) is 19.3. The average Bonchev–Trinajstić information content (AvgIpc) is 2.53. The van der Waals surface area contributed by atoms with E-state index in [1.165, 1.54) is 16.7 Å². The molecule has 0 aromatic heterocycles. The van der Waals surface area contributed by atoms with Crippen molar-refractivity contribution >= 4 is 13.3 Å². The van der Waals surface area contributed by atoms with Crippen molar-refractivity contribution in [3.8, 4) is 0 Å². The van der Waals surface area contributed by atoms with Crippen LogP contribution in [0.3, 0.4) is 0 Å². The molecule has 1 atom stereocenters. The number of allylic oxidation sites excluding steroid dienone is 6. The summed E-state index contributed by atoms with van der Waals surface area (Å²) >= 11 is 0. The van der Waals surface area contributed by atoms with E-state index in [2.05, 4.69) is 48.4 Å². The summed E-state index contributed by atoms with van der Waals surface area (Å²) < 4.78 is 15.8. The van der Waals surface area contributed by atoms with E-state index in [4.69, 9.17) is 10.2 Å². The van der Waals surface area contributed by atoms with Gasteiger partial charge in [0.25, 0.3) is 0 Å². The summed E-state index contributed by atoms with van der Waals surface area (Å²) in [4.78, 5) is 23.1. The largest absolute Gasteiger partial charge is 0.452 e. The van der Waals surface area contributed by atoms with Crippen LogP contribution in [-0.2, 0) is 14.0 Å². The van der Waals surface area contributed by atoms with Gasteiger partial charge in [-0.3, -0.25) is 4.89 Å². The normalized spacial score (nSPS) is 14.8. The Morgan fingerprint density at radius 3 is 2.00 bits per heavy atom. The minimum atomic E-state index is -4.54. The van der Waals surface area contributed by atoms with Crippen LogP contribution in [0.4, 0.5) is 4.79 Å². The maximum Gasteiger partial charge on any atom is 0.452 e. The molecular formula is C18H31O6P. The molecular weight excluding hydrogens is 343 g/mol. The minimum absolute atomic E-state index is 0.0595. The van der Waals surface area contributed by atoms with Gasteiger partial charge in [-0.15, -0.1) is 0 Å². The molecule has 0 aliphatic heterocycles. The lowest BCUT2D eigenvalue weighted by molar-refractivity contribution is -0.169. The van der Waals surface area contributed by atoms with Crippen LogP contribution < -0.4 is 0 Å². The van der Waals surface area contributed by atoms with Gasteiger partial charge in [0.15, 0.2) is 0 Å². The predicted molar refractivity (Wildman–Crippen MR) is 99.5 cm³/mol. The molecule has 0 radical (unpaired) electrons. The summed E-state index contributed by atoms with van der Waals surface area (Å²) in [5.74, 6) is 0. The van der Waals surface area contributed by atoms with Crippen LogP contribution in [-0.4, -0.2) is 22.5 Å². The second-order valence-electron chi connectivity index (χ2n) is 6.31. The Labute approximate surface area is 150 Å². The molecule has 25 heavy (non-hydrogen) atoms. The average molecular weight is 374 g/mol. The van der Waals surface area contributed by atoms with E-state index in [9.17, 15) is 9.36 Å². The third kappa shape index (κ3) is 12.8. The van der Waals surface area contributed by atoms with Crippen molar-refractivity contribution in [1.82, 2.24) is 0 Å². The van der Waals surface area contributed by atoms with Gasteiger partial charge in [-0.1, -0.05) is 34.9 Å². The van der Waals surface area contributed by atoms with Crippen LogP contribution in [0.25, 0.3) is 0 Å². The molecule has 0 rings (SSSR count). The van der Waals surface area contributed by atoms with E-state index < -0.39 is 13.3 Å². The van der Waals surface area contributed by atoms with Crippen LogP contribution in [0.1, 0.15) is 66.2 Å². The van der Waals surface area contributed by atoms with E-state index in [1.807, 2.05) is 6.92 Å². The first-order chi connectivity index (χ1) is 11.7. The monoisotopic (exact) mass is 374 g/mol. The highest BCUT2D eigenvalue weighted by atomic mass is 31.2. The molecule has 0 aliphatic rings. The SMILES string of the molecule is CC(C)=CCCC(C)=CCCC(C)=CCCCOP(=O)(O)C(=O)OO. The lowest BCUT2D eigenvalue weighted by Crippen LogP contribution is -2.04. The smallest absolute Gasteiger partial charge is 0.316 e. The number of hydrogen-bond acceptors (Lipinski definition) is 5. The Balaban J connectivity index is 3.97. The quantitative estimate of drug-likeness (QED) is 0.143. The van der Waals surface area contributed by atoms with E-state index in [0.717, 1.165) is 25.7 Å². The molecule has 2 N–H and O–H groups in total. The minimum Gasteiger partial charge on any atom is -0.316 e. The fourth-order valence-corrected chi connectivity index (χ4v) is 2.65. The molecule has 0 saturated carbocycles. The van der Waals surface area contributed by atoms with Gasteiger partial charge >= 0.3 is 13.3 Å². The molecule has 0 bridgehead atoms. The van der Waals surface area contributed by atoms with Crippen LogP contribution in [0.15, 0.2) is 34.9 Å². The predicted octanol–water partition coefficient (Wildman–Crippen LogP) is 6.00. The fourth-order valence-electron chi connectivity index (χ4n) is 2.06. The van der Waals surface area contributed by atoms with Crippen molar-refractivity contribution in [2.24, 2.45) is 0 Å². The van der Waals surface area contributed by atoms with E-state index in [1.54, 1.807) is 0 Å². The lowest BCUT2D eigenvalue weighted by atomic mass is 10.1. The maximum absolute atomic E-state index is 11.2. The van der Waals surface area contributed by atoms with Crippen molar-refractivity contribution in [3.63, 3.8) is 0 Å². The molecule has 0 aromatic carbocycles. The molecule has 6 nitrogen and oxygen atoms in total.